The summed E-state index contributed by atoms with van der Waals surface area (Å²) in [6.45, 7) is 4.95. The molecule has 0 aromatic heterocycles. The van der Waals surface area contributed by atoms with E-state index in [-0.39, 0.29) is 10.8 Å². The van der Waals surface area contributed by atoms with Gasteiger partial charge in [0.05, 0.1) is 11.4 Å². The molecule has 0 spiro atoms. The van der Waals surface area contributed by atoms with E-state index < -0.39 is 10.0 Å². The van der Waals surface area contributed by atoms with Crippen molar-refractivity contribution in [2.45, 2.75) is 31.2 Å². The summed E-state index contributed by atoms with van der Waals surface area (Å²) in [6.07, 6.45) is 2.37. The number of hydrogen-bond acceptors (Lipinski definition) is 4. The second-order valence-corrected chi connectivity index (χ2v) is 7.51. The highest BCUT2D eigenvalue weighted by atomic mass is 32.2. The van der Waals surface area contributed by atoms with Crippen molar-refractivity contribution < 1.29 is 13.2 Å². The molecule has 1 saturated heterocycles. The van der Waals surface area contributed by atoms with Crippen molar-refractivity contribution in [3.05, 3.63) is 29.8 Å². The molecule has 3 N–H and O–H groups in total. The number of rotatable bonds is 5. The predicted octanol–water partition coefficient (Wildman–Crippen LogP) is 0.682. The third-order valence-corrected chi connectivity index (χ3v) is 4.78. The van der Waals surface area contributed by atoms with E-state index in [0.717, 1.165) is 25.1 Å². The molecule has 6 nitrogen and oxygen atoms in total. The van der Waals surface area contributed by atoms with Gasteiger partial charge >= 0.3 is 0 Å². The Morgan fingerprint density at radius 2 is 2.05 bits per heavy atom. The van der Waals surface area contributed by atoms with Crippen LogP contribution in [0.5, 0.6) is 0 Å². The number of carbonyl (C=O) groups is 1. The maximum Gasteiger partial charge on any atom is 0.238 e. The number of piperidine rings is 1. The van der Waals surface area contributed by atoms with E-state index in [9.17, 15) is 13.2 Å². The average Bonchev–Trinajstić information content (AvgIpc) is 2.45. The van der Waals surface area contributed by atoms with Crippen molar-refractivity contribution in [3.8, 4) is 0 Å². The Labute approximate surface area is 131 Å². The molecule has 1 heterocycles. The Morgan fingerprint density at radius 3 is 2.64 bits per heavy atom. The lowest BCUT2D eigenvalue weighted by molar-refractivity contribution is -0.122. The Balaban J connectivity index is 1.81. The van der Waals surface area contributed by atoms with Gasteiger partial charge in [0.15, 0.2) is 0 Å². The summed E-state index contributed by atoms with van der Waals surface area (Å²) >= 11 is 0. The number of nitrogens with two attached hydrogens (primary N) is 1. The highest BCUT2D eigenvalue weighted by Gasteiger charge is 2.18. The van der Waals surface area contributed by atoms with Crippen LogP contribution in [0.1, 0.15) is 25.3 Å². The van der Waals surface area contributed by atoms with Gasteiger partial charge in [0.2, 0.25) is 15.9 Å². The summed E-state index contributed by atoms with van der Waals surface area (Å²) in [5.41, 5.74) is 0.841. The molecular weight excluding hydrogens is 302 g/mol. The molecule has 0 bridgehead atoms. The third-order valence-electron chi connectivity index (χ3n) is 3.85. The van der Waals surface area contributed by atoms with Crippen LogP contribution in [0.15, 0.2) is 29.2 Å². The zero-order valence-corrected chi connectivity index (χ0v) is 13.6. The van der Waals surface area contributed by atoms with Crippen LogP contribution in [0.2, 0.25) is 0 Å². The van der Waals surface area contributed by atoms with Gasteiger partial charge in [0.25, 0.3) is 0 Å². The van der Waals surface area contributed by atoms with E-state index >= 15 is 0 Å². The van der Waals surface area contributed by atoms with Crippen LogP contribution in [-0.2, 0) is 21.4 Å². The van der Waals surface area contributed by atoms with Crippen LogP contribution in [0.25, 0.3) is 0 Å². The van der Waals surface area contributed by atoms with Crippen LogP contribution in [0.4, 0.5) is 0 Å². The van der Waals surface area contributed by atoms with Gasteiger partial charge in [-0.25, -0.2) is 13.6 Å². The number of nitrogens with zero attached hydrogens (tertiary/aromatic N) is 1. The second-order valence-electron chi connectivity index (χ2n) is 5.95. The van der Waals surface area contributed by atoms with Gasteiger partial charge in [-0.05, 0) is 43.0 Å². The topological polar surface area (TPSA) is 92.5 Å². The quantitative estimate of drug-likeness (QED) is 0.833. The predicted molar refractivity (Wildman–Crippen MR) is 84.5 cm³/mol. The zero-order valence-electron chi connectivity index (χ0n) is 12.8. The molecular formula is C15H23N3O3S. The van der Waals surface area contributed by atoms with Crippen LogP contribution < -0.4 is 10.5 Å². The Kier molecular flexibility index (Phi) is 5.55. The molecule has 22 heavy (non-hydrogen) atoms. The maximum absolute atomic E-state index is 11.9. The summed E-state index contributed by atoms with van der Waals surface area (Å²) < 4.78 is 22.3. The average molecular weight is 325 g/mol. The van der Waals surface area contributed by atoms with Crippen molar-refractivity contribution in [1.82, 2.24) is 10.2 Å². The van der Waals surface area contributed by atoms with Gasteiger partial charge in [-0.15, -0.1) is 0 Å². The smallest absolute Gasteiger partial charge is 0.238 e. The first-order valence-electron chi connectivity index (χ1n) is 7.45. The fraction of sp³-hybridized carbons (Fsp3) is 0.533. The zero-order chi connectivity index (χ0) is 16.2. The van der Waals surface area contributed by atoms with E-state index in [4.69, 9.17) is 5.14 Å². The van der Waals surface area contributed by atoms with Gasteiger partial charge in [-0.2, -0.15) is 0 Å². The second kappa shape index (κ2) is 7.21. The fourth-order valence-corrected chi connectivity index (χ4v) is 3.20. The molecule has 1 atom stereocenters. The van der Waals surface area contributed by atoms with Crippen molar-refractivity contribution in [1.29, 1.82) is 0 Å². The monoisotopic (exact) mass is 325 g/mol. The van der Waals surface area contributed by atoms with Crippen LogP contribution in [0, 0.1) is 5.92 Å². The van der Waals surface area contributed by atoms with Gasteiger partial charge in [0.1, 0.15) is 0 Å². The van der Waals surface area contributed by atoms with Crippen molar-refractivity contribution >= 4 is 15.9 Å². The summed E-state index contributed by atoms with van der Waals surface area (Å²) in [4.78, 5) is 14.2. The Bertz CT molecular complexity index is 613. The maximum atomic E-state index is 11.9. The number of carbonyl (C=O) groups excluding carboxylic acids is 1. The van der Waals surface area contributed by atoms with Crippen LogP contribution in [-0.4, -0.2) is 38.9 Å². The highest BCUT2D eigenvalue weighted by molar-refractivity contribution is 7.89. The van der Waals surface area contributed by atoms with Crippen LogP contribution >= 0.6 is 0 Å². The SMILES string of the molecule is CC1CCCN(CC(=O)NCc2ccc(S(N)(=O)=O)cc2)C1. The number of hydrogen-bond donors (Lipinski definition) is 2. The molecule has 1 fully saturated rings. The molecule has 7 heteroatoms. The lowest BCUT2D eigenvalue weighted by Crippen LogP contribution is -2.41. The summed E-state index contributed by atoms with van der Waals surface area (Å²) in [5.74, 6) is 0.636. The summed E-state index contributed by atoms with van der Waals surface area (Å²) in [7, 11) is -3.67. The van der Waals surface area contributed by atoms with E-state index in [1.54, 1.807) is 12.1 Å². The summed E-state index contributed by atoms with van der Waals surface area (Å²) in [6, 6.07) is 6.21. The van der Waals surface area contributed by atoms with Crippen molar-refractivity contribution in [2.24, 2.45) is 11.1 Å². The van der Waals surface area contributed by atoms with E-state index in [2.05, 4.69) is 17.1 Å². The number of amides is 1. The summed E-state index contributed by atoms with van der Waals surface area (Å²) in [5, 5.41) is 7.90. The van der Waals surface area contributed by atoms with Gasteiger partial charge in [-0.1, -0.05) is 19.1 Å². The third kappa shape index (κ3) is 5.08. The largest absolute Gasteiger partial charge is 0.351 e. The number of sulfonamides is 1. The normalized spacial score (nSPS) is 19.8. The molecule has 1 aromatic carbocycles. The lowest BCUT2D eigenvalue weighted by Gasteiger charge is -2.30. The molecule has 1 amide bonds. The molecule has 1 aliphatic rings. The fourth-order valence-electron chi connectivity index (χ4n) is 2.69. The van der Waals surface area contributed by atoms with Crippen molar-refractivity contribution in [2.75, 3.05) is 19.6 Å². The number of nitrogens with one attached hydrogen (secondary N) is 1. The minimum atomic E-state index is -3.67. The molecule has 2 rings (SSSR count). The van der Waals surface area contributed by atoms with Crippen molar-refractivity contribution in [3.63, 3.8) is 0 Å². The van der Waals surface area contributed by atoms with E-state index in [1.807, 2.05) is 0 Å². The minimum absolute atomic E-state index is 0.00961. The van der Waals surface area contributed by atoms with Gasteiger partial charge in [-0.3, -0.25) is 9.69 Å². The first-order chi connectivity index (χ1) is 10.3. The first kappa shape index (κ1) is 16.9. The molecule has 1 unspecified atom stereocenters. The standard InChI is InChI=1S/C15H23N3O3S/c1-12-3-2-8-18(10-12)11-15(19)17-9-13-4-6-14(7-5-13)22(16,20)21/h4-7,12H,2-3,8-11H2,1H3,(H,17,19)(H2,16,20,21). The lowest BCUT2D eigenvalue weighted by atomic mass is 10.0. The van der Waals surface area contributed by atoms with E-state index in [1.165, 1.54) is 18.6 Å². The number of likely N-dealkylation sites (tertiary alicyclic amines) is 1. The van der Waals surface area contributed by atoms with Crippen LogP contribution in [0.3, 0.4) is 0 Å². The molecule has 1 aliphatic heterocycles. The molecule has 122 valence electrons. The first-order valence-corrected chi connectivity index (χ1v) is 9.00. The Morgan fingerprint density at radius 1 is 1.36 bits per heavy atom. The molecule has 1 aromatic rings. The van der Waals surface area contributed by atoms with Gasteiger partial charge in [0, 0.05) is 13.1 Å². The molecule has 0 saturated carbocycles. The molecule has 0 aliphatic carbocycles. The highest BCUT2D eigenvalue weighted by Crippen LogP contribution is 2.14. The number of benzene rings is 1. The minimum Gasteiger partial charge on any atom is -0.351 e. The van der Waals surface area contributed by atoms with Gasteiger partial charge < -0.3 is 5.32 Å². The molecule has 0 radical (unpaired) electrons. The number of primary sulfonamides is 1. The van der Waals surface area contributed by atoms with E-state index in [0.29, 0.717) is 19.0 Å². The Hall–Kier alpha value is -1.44.